The van der Waals surface area contributed by atoms with E-state index < -0.39 is 0 Å². The molecule has 0 unspecified atom stereocenters. The Balaban J connectivity index is 1.89. The molecule has 1 N–H and O–H groups in total. The maximum absolute atomic E-state index is 4.29. The van der Waals surface area contributed by atoms with E-state index in [-0.39, 0.29) is 0 Å². The molecule has 18 heavy (non-hydrogen) atoms. The molecule has 0 atom stereocenters. The molecule has 0 radical (unpaired) electrons. The molecule has 0 spiro atoms. The SMILES string of the molecule is C1=NCc2ccc(-c3cc4ccccc4[nH]3)cc21. The van der Waals surface area contributed by atoms with E-state index in [2.05, 4.69) is 58.5 Å². The molecule has 0 saturated heterocycles. The number of aromatic nitrogens is 1. The molecular formula is C16H12N2. The fourth-order valence-corrected chi connectivity index (χ4v) is 2.50. The van der Waals surface area contributed by atoms with Crippen LogP contribution in [0.4, 0.5) is 0 Å². The highest BCUT2D eigenvalue weighted by Gasteiger charge is 2.09. The minimum atomic E-state index is 0.822. The Hall–Kier alpha value is -2.35. The second-order valence-corrected chi connectivity index (χ2v) is 4.65. The summed E-state index contributed by atoms with van der Waals surface area (Å²) < 4.78 is 0. The molecule has 2 aromatic carbocycles. The molecule has 86 valence electrons. The quantitative estimate of drug-likeness (QED) is 0.661. The first-order valence-electron chi connectivity index (χ1n) is 6.11. The number of hydrogen-bond donors (Lipinski definition) is 1. The van der Waals surface area contributed by atoms with Crippen LogP contribution in [-0.4, -0.2) is 11.2 Å². The van der Waals surface area contributed by atoms with Crippen molar-refractivity contribution in [3.8, 4) is 11.3 Å². The smallest absolute Gasteiger partial charge is 0.0646 e. The topological polar surface area (TPSA) is 28.1 Å². The van der Waals surface area contributed by atoms with Crippen LogP contribution in [0.25, 0.3) is 22.2 Å². The fourth-order valence-electron chi connectivity index (χ4n) is 2.50. The van der Waals surface area contributed by atoms with Crippen LogP contribution in [0.1, 0.15) is 11.1 Å². The van der Waals surface area contributed by atoms with Gasteiger partial charge in [-0.3, -0.25) is 4.99 Å². The number of fused-ring (bicyclic) bond motifs is 2. The van der Waals surface area contributed by atoms with Crippen LogP contribution < -0.4 is 0 Å². The molecule has 0 fully saturated rings. The number of aliphatic imine (C=N–C) groups is 1. The number of nitrogens with zero attached hydrogens (tertiary/aromatic N) is 1. The van der Waals surface area contributed by atoms with E-state index >= 15 is 0 Å². The zero-order valence-electron chi connectivity index (χ0n) is 9.85. The van der Waals surface area contributed by atoms with Gasteiger partial charge in [0.2, 0.25) is 0 Å². The van der Waals surface area contributed by atoms with Gasteiger partial charge in [0.1, 0.15) is 0 Å². The Bertz CT molecular complexity index is 733. The van der Waals surface area contributed by atoms with Crippen LogP contribution in [0.15, 0.2) is 53.5 Å². The molecular weight excluding hydrogens is 220 g/mol. The molecule has 0 saturated carbocycles. The third kappa shape index (κ3) is 1.39. The molecule has 3 aromatic rings. The minimum absolute atomic E-state index is 0.822. The predicted molar refractivity (Wildman–Crippen MR) is 75.0 cm³/mol. The third-order valence-electron chi connectivity index (χ3n) is 3.48. The number of aromatic amines is 1. The average Bonchev–Trinajstić information content (AvgIpc) is 3.04. The van der Waals surface area contributed by atoms with Crippen molar-refractivity contribution in [2.24, 2.45) is 4.99 Å². The maximum Gasteiger partial charge on any atom is 0.0646 e. The molecule has 1 aromatic heterocycles. The molecule has 2 heteroatoms. The lowest BCUT2D eigenvalue weighted by Crippen LogP contribution is -1.85. The second kappa shape index (κ2) is 3.57. The lowest BCUT2D eigenvalue weighted by atomic mass is 10.0. The summed E-state index contributed by atoms with van der Waals surface area (Å²) in [7, 11) is 0. The van der Waals surface area contributed by atoms with Crippen LogP contribution in [0.5, 0.6) is 0 Å². The lowest BCUT2D eigenvalue weighted by molar-refractivity contribution is 1.11. The Morgan fingerprint density at radius 3 is 2.89 bits per heavy atom. The van der Waals surface area contributed by atoms with Gasteiger partial charge in [0.05, 0.1) is 6.54 Å². The molecule has 4 rings (SSSR count). The molecule has 0 amide bonds. The van der Waals surface area contributed by atoms with Crippen molar-refractivity contribution < 1.29 is 0 Å². The van der Waals surface area contributed by atoms with Crippen molar-refractivity contribution in [3.05, 3.63) is 59.7 Å². The lowest BCUT2D eigenvalue weighted by Gasteiger charge is -2.01. The van der Waals surface area contributed by atoms with Crippen molar-refractivity contribution in [2.45, 2.75) is 6.54 Å². The monoisotopic (exact) mass is 232 g/mol. The molecule has 0 aliphatic carbocycles. The van der Waals surface area contributed by atoms with Gasteiger partial charge in [0, 0.05) is 22.8 Å². The van der Waals surface area contributed by atoms with E-state index in [1.54, 1.807) is 0 Å². The Kier molecular flexibility index (Phi) is 1.92. The van der Waals surface area contributed by atoms with Gasteiger partial charge in [-0.25, -0.2) is 0 Å². The van der Waals surface area contributed by atoms with E-state index in [9.17, 15) is 0 Å². The van der Waals surface area contributed by atoms with E-state index in [0.29, 0.717) is 0 Å². The highest BCUT2D eigenvalue weighted by Crippen LogP contribution is 2.26. The first-order valence-corrected chi connectivity index (χ1v) is 6.11. The van der Waals surface area contributed by atoms with Crippen LogP contribution in [0.2, 0.25) is 0 Å². The van der Waals surface area contributed by atoms with Crippen LogP contribution in [0, 0.1) is 0 Å². The summed E-state index contributed by atoms with van der Waals surface area (Å²) in [6.45, 7) is 0.822. The van der Waals surface area contributed by atoms with Gasteiger partial charge in [0.25, 0.3) is 0 Å². The molecule has 2 nitrogen and oxygen atoms in total. The summed E-state index contributed by atoms with van der Waals surface area (Å²) in [6, 6.07) is 17.1. The number of nitrogens with one attached hydrogen (secondary N) is 1. The highest BCUT2D eigenvalue weighted by molar-refractivity contribution is 5.89. The maximum atomic E-state index is 4.29. The summed E-state index contributed by atoms with van der Waals surface area (Å²) in [5.74, 6) is 0. The Labute approximate surface area is 105 Å². The van der Waals surface area contributed by atoms with Gasteiger partial charge < -0.3 is 4.98 Å². The highest BCUT2D eigenvalue weighted by atomic mass is 14.7. The number of benzene rings is 2. The Morgan fingerprint density at radius 2 is 1.94 bits per heavy atom. The third-order valence-corrected chi connectivity index (χ3v) is 3.48. The van der Waals surface area contributed by atoms with Crippen LogP contribution >= 0.6 is 0 Å². The van der Waals surface area contributed by atoms with Crippen molar-refractivity contribution >= 4 is 17.1 Å². The second-order valence-electron chi connectivity index (χ2n) is 4.65. The van der Waals surface area contributed by atoms with E-state index in [1.165, 1.54) is 33.3 Å². The first kappa shape index (κ1) is 9.66. The van der Waals surface area contributed by atoms with E-state index in [0.717, 1.165) is 6.54 Å². The summed E-state index contributed by atoms with van der Waals surface area (Å²) in [4.78, 5) is 7.75. The molecule has 0 bridgehead atoms. The van der Waals surface area contributed by atoms with Crippen molar-refractivity contribution in [3.63, 3.8) is 0 Å². The van der Waals surface area contributed by atoms with E-state index in [4.69, 9.17) is 0 Å². The zero-order chi connectivity index (χ0) is 11.9. The molecule has 1 aliphatic rings. The van der Waals surface area contributed by atoms with Crippen molar-refractivity contribution in [2.75, 3.05) is 0 Å². The summed E-state index contributed by atoms with van der Waals surface area (Å²) in [5, 5.41) is 1.25. The number of para-hydroxylation sites is 1. The van der Waals surface area contributed by atoms with Gasteiger partial charge in [-0.1, -0.05) is 30.3 Å². The van der Waals surface area contributed by atoms with Gasteiger partial charge in [0.15, 0.2) is 0 Å². The summed E-state index contributed by atoms with van der Waals surface area (Å²) >= 11 is 0. The summed E-state index contributed by atoms with van der Waals surface area (Å²) in [6.07, 6.45) is 1.96. The average molecular weight is 232 g/mol. The van der Waals surface area contributed by atoms with Gasteiger partial charge in [-0.2, -0.15) is 0 Å². The summed E-state index contributed by atoms with van der Waals surface area (Å²) in [5.41, 5.74) is 6.13. The Morgan fingerprint density at radius 1 is 1.00 bits per heavy atom. The van der Waals surface area contributed by atoms with Crippen LogP contribution in [-0.2, 0) is 6.54 Å². The number of H-pyrrole nitrogens is 1. The minimum Gasteiger partial charge on any atom is -0.355 e. The fraction of sp³-hybridized carbons (Fsp3) is 0.0625. The largest absolute Gasteiger partial charge is 0.355 e. The van der Waals surface area contributed by atoms with Gasteiger partial charge >= 0.3 is 0 Å². The van der Waals surface area contributed by atoms with Crippen molar-refractivity contribution in [1.29, 1.82) is 0 Å². The van der Waals surface area contributed by atoms with Crippen molar-refractivity contribution in [1.82, 2.24) is 4.98 Å². The predicted octanol–water partition coefficient (Wildman–Crippen LogP) is 3.77. The molecule has 1 aliphatic heterocycles. The van der Waals surface area contributed by atoms with Crippen LogP contribution in [0.3, 0.4) is 0 Å². The first-order chi connectivity index (χ1) is 8.90. The van der Waals surface area contributed by atoms with E-state index in [1.807, 2.05) is 6.21 Å². The normalized spacial score (nSPS) is 13.1. The number of rotatable bonds is 1. The zero-order valence-corrected chi connectivity index (χ0v) is 9.85. The van der Waals surface area contributed by atoms with Gasteiger partial charge in [-0.15, -0.1) is 0 Å². The molecule has 2 heterocycles. The van der Waals surface area contributed by atoms with Gasteiger partial charge in [-0.05, 0) is 34.9 Å². The number of hydrogen-bond acceptors (Lipinski definition) is 1. The standard InChI is InChI=1S/C16H12N2/c1-2-4-15-11(3-1)8-16(18-15)12-5-6-13-9-17-10-14(13)7-12/h1-8,10,18H,9H2.